The molecule has 3 atom stereocenters. The van der Waals surface area contributed by atoms with Gasteiger partial charge in [-0.05, 0) is 134 Å². The number of rotatable bonds is 7. The summed E-state index contributed by atoms with van der Waals surface area (Å²) >= 11 is 0. The first-order chi connectivity index (χ1) is 22.6. The Morgan fingerprint density at radius 3 is 1.47 bits per heavy atom. The van der Waals surface area contributed by atoms with Gasteiger partial charge < -0.3 is 51.6 Å². The third kappa shape index (κ3) is 6.48. The number of piperazine rings is 2. The van der Waals surface area contributed by atoms with Crippen LogP contribution < -0.4 is 21.3 Å². The van der Waals surface area contributed by atoms with Gasteiger partial charge >= 0.3 is 0 Å². The van der Waals surface area contributed by atoms with E-state index in [4.69, 9.17) is 0 Å². The van der Waals surface area contributed by atoms with Crippen LogP contribution in [-0.4, -0.2) is 62.7 Å². The number of hydrogen-bond acceptors (Lipinski definition) is 4. The minimum Gasteiger partial charge on any atom is -0.748 e. The maximum atomic E-state index is 3.99. The van der Waals surface area contributed by atoms with E-state index in [-0.39, 0.29) is 30.1 Å². The summed E-state index contributed by atoms with van der Waals surface area (Å²) in [6, 6.07) is 18.5. The van der Waals surface area contributed by atoms with Crippen molar-refractivity contribution in [2.75, 3.05) is 39.3 Å². The molecule has 0 aromatic heterocycles. The van der Waals surface area contributed by atoms with E-state index in [0.717, 1.165) is 97.9 Å². The molecule has 10 aliphatic rings. The van der Waals surface area contributed by atoms with E-state index in [2.05, 4.69) is 48.7 Å². The molecule has 47 heavy (non-hydrogen) atoms. The van der Waals surface area contributed by atoms with Crippen LogP contribution in [0.1, 0.15) is 75.3 Å². The molecule has 0 radical (unpaired) electrons. The van der Waals surface area contributed by atoms with Gasteiger partial charge in [-0.25, -0.2) is 12.1 Å². The van der Waals surface area contributed by atoms with Gasteiger partial charge in [0.1, 0.15) is 0 Å². The van der Waals surface area contributed by atoms with Gasteiger partial charge in [-0.1, -0.05) is 7.92 Å². The van der Waals surface area contributed by atoms with Crippen LogP contribution in [0.25, 0.3) is 0 Å². The second-order valence-corrected chi connectivity index (χ2v) is 20.8. The molecule has 0 amide bonds. The zero-order valence-corrected chi connectivity index (χ0v) is 31.6. The molecule has 10 fully saturated rings. The Bertz CT molecular complexity index is 1150. The molecule has 0 spiro atoms. The van der Waals surface area contributed by atoms with Crippen molar-refractivity contribution in [3.05, 3.63) is 59.7 Å². The molecule has 3 unspecified atom stereocenters. The fourth-order valence-electron chi connectivity index (χ4n) is 13.4. The topological polar surface area (TPSA) is 48.1 Å². The average Bonchev–Trinajstić information content (AvgIpc) is 3.81. The molecule has 2 aromatic carbocycles. The zero-order valence-electron chi connectivity index (χ0n) is 28.4. The largest absolute Gasteiger partial charge is 0.748 e. The van der Waals surface area contributed by atoms with Crippen LogP contribution >= 0.6 is 17.2 Å². The summed E-state index contributed by atoms with van der Waals surface area (Å²) in [6.07, 6.45) is 17.4. The molecule has 8 bridgehead atoms. The standard InChI is InChI=1S/C35H55N4P2.C5H5.Fe/c40-35(31-18-36-4-6-38-31,32-19-37-5-7-39-32)30-3-1-2-25(30)20-41(33-26-10-21-8-22(12-26)13-27(33)11-21)34-28-14-23-9-24(16-28)17-29(34)15-23;1-2-4-5-3-1;/h1-3,21-24,26-29,31-34,36-39H,4-20,40H2;1-5H;/q-1;-5;. The minimum atomic E-state index is 0. The molecule has 2 aliphatic heterocycles. The Morgan fingerprint density at radius 1 is 0.660 bits per heavy atom. The van der Waals surface area contributed by atoms with Crippen LogP contribution in [0.5, 0.6) is 0 Å². The summed E-state index contributed by atoms with van der Waals surface area (Å²) in [7, 11) is 3.49. The molecule has 4 nitrogen and oxygen atoms in total. The van der Waals surface area contributed by atoms with Gasteiger partial charge in [-0.2, -0.15) is 11.6 Å². The molecule has 7 heteroatoms. The fraction of sp³-hybridized carbons (Fsp3) is 0.750. The predicted octanol–water partition coefficient (Wildman–Crippen LogP) is 6.63. The maximum Gasteiger partial charge on any atom is 0.0234 e. The minimum absolute atomic E-state index is 0. The van der Waals surface area contributed by atoms with Crippen LogP contribution in [0.4, 0.5) is 0 Å². The van der Waals surface area contributed by atoms with E-state index >= 15 is 0 Å². The van der Waals surface area contributed by atoms with Crippen molar-refractivity contribution < 1.29 is 17.1 Å². The van der Waals surface area contributed by atoms with Crippen molar-refractivity contribution in [3.63, 3.8) is 0 Å². The van der Waals surface area contributed by atoms with Crippen LogP contribution in [0.3, 0.4) is 0 Å². The number of nitrogens with one attached hydrogen (secondary N) is 4. The van der Waals surface area contributed by atoms with Gasteiger partial charge in [-0.15, -0.1) is 14.8 Å². The Labute approximate surface area is 299 Å². The normalized spacial score (nSPS) is 43.4. The molecule has 2 saturated heterocycles. The van der Waals surface area contributed by atoms with Gasteiger partial charge in [0, 0.05) is 68.4 Å². The summed E-state index contributed by atoms with van der Waals surface area (Å²) in [5.41, 5.74) is 5.55. The molecule has 8 aliphatic carbocycles. The Balaban J connectivity index is 0.000000497. The van der Waals surface area contributed by atoms with E-state index in [0.29, 0.717) is 12.1 Å². The summed E-state index contributed by atoms with van der Waals surface area (Å²) in [6.45, 7) is 6.45. The first kappa shape index (κ1) is 34.0. The van der Waals surface area contributed by atoms with Crippen molar-refractivity contribution in [2.45, 2.75) is 98.9 Å². The monoisotopic (exact) mass is 714 g/mol. The third-order valence-corrected chi connectivity index (χ3v) is 19.7. The van der Waals surface area contributed by atoms with Crippen LogP contribution in [0.2, 0.25) is 0 Å². The first-order valence-electron chi connectivity index (χ1n) is 19.5. The third-order valence-electron chi connectivity index (χ3n) is 14.6. The molecule has 2 aromatic rings. The van der Waals surface area contributed by atoms with Crippen LogP contribution in [0.15, 0.2) is 48.5 Å². The Hall–Kier alpha value is -0.0805. The molecule has 264 valence electrons. The van der Waals surface area contributed by atoms with Gasteiger partial charge in [0.15, 0.2) is 0 Å². The summed E-state index contributed by atoms with van der Waals surface area (Å²) in [5.74, 6) is 8.65. The second kappa shape index (κ2) is 14.5. The molecule has 2 heterocycles. The summed E-state index contributed by atoms with van der Waals surface area (Å²) in [4.78, 5) is 0. The quantitative estimate of drug-likeness (QED) is 0.148. The predicted molar refractivity (Wildman–Crippen MR) is 197 cm³/mol. The van der Waals surface area contributed by atoms with E-state index < -0.39 is 0 Å². The van der Waals surface area contributed by atoms with Crippen LogP contribution in [0, 0.1) is 47.3 Å². The van der Waals surface area contributed by atoms with Crippen molar-refractivity contribution in [1.29, 1.82) is 0 Å². The van der Waals surface area contributed by atoms with Crippen molar-refractivity contribution in [2.24, 2.45) is 47.3 Å². The van der Waals surface area contributed by atoms with E-state index in [1.165, 1.54) is 6.16 Å². The van der Waals surface area contributed by atoms with Gasteiger partial charge in [0.05, 0.1) is 0 Å². The number of hydrogen-bond donors (Lipinski definition) is 4. The molecule has 4 N–H and O–H groups in total. The van der Waals surface area contributed by atoms with Crippen LogP contribution in [-0.2, 0) is 28.4 Å². The van der Waals surface area contributed by atoms with Gasteiger partial charge in [0.2, 0.25) is 0 Å². The van der Waals surface area contributed by atoms with Gasteiger partial charge in [0.25, 0.3) is 0 Å². The van der Waals surface area contributed by atoms with Gasteiger partial charge in [-0.3, -0.25) is 0 Å². The van der Waals surface area contributed by atoms with Crippen molar-refractivity contribution in [3.8, 4) is 0 Å². The smallest absolute Gasteiger partial charge is 0.0234 e. The first-order valence-corrected chi connectivity index (χ1v) is 21.7. The van der Waals surface area contributed by atoms with E-state index in [1.54, 1.807) is 75.3 Å². The SMILES string of the molecule is PC([c-]1cccc1CP(C1C2CC3CC(C2)CC1C3)C1C2CC3CC(C2)CC1C3)(C1CNCCN1)C1CNCCN1.[Fe].[cH-]1[cH-][cH-][cH-][cH-]1. The summed E-state index contributed by atoms with van der Waals surface area (Å²) < 4.78 is 0. The summed E-state index contributed by atoms with van der Waals surface area (Å²) in [5, 5.41) is 15.5. The maximum absolute atomic E-state index is 3.99. The Kier molecular flexibility index (Phi) is 10.5. The second-order valence-electron chi connectivity index (χ2n) is 17.3. The average molecular weight is 715 g/mol. The van der Waals surface area contributed by atoms with Crippen molar-refractivity contribution >= 4 is 17.2 Å². The molecular weight excluding hydrogens is 654 g/mol. The molecule has 12 rings (SSSR count). The molecular formula is C40H60FeN4P2-6. The fourth-order valence-corrected chi connectivity index (χ4v) is 18.8. The van der Waals surface area contributed by atoms with E-state index in [9.17, 15) is 0 Å². The van der Waals surface area contributed by atoms with E-state index in [1.807, 2.05) is 30.3 Å². The zero-order chi connectivity index (χ0) is 30.7. The van der Waals surface area contributed by atoms with Crippen molar-refractivity contribution in [1.82, 2.24) is 21.3 Å². The Morgan fingerprint density at radius 2 is 1.09 bits per heavy atom. The molecule has 8 saturated carbocycles.